The summed E-state index contributed by atoms with van der Waals surface area (Å²) in [7, 11) is -2.58. The second-order valence-corrected chi connectivity index (χ2v) is 13.1. The molecule has 10 nitrogen and oxygen atoms in total. The van der Waals surface area contributed by atoms with Crippen LogP contribution in [0.4, 0.5) is 16.2 Å². The summed E-state index contributed by atoms with van der Waals surface area (Å²) in [6, 6.07) is 10.7. The number of pyridine rings is 1. The first-order valence-corrected chi connectivity index (χ1v) is 14.2. The van der Waals surface area contributed by atoms with Gasteiger partial charge in [-0.25, -0.2) is 18.0 Å². The van der Waals surface area contributed by atoms with E-state index in [2.05, 4.69) is 20.9 Å². The molecule has 0 aliphatic heterocycles. The van der Waals surface area contributed by atoms with Crippen molar-refractivity contribution < 1.29 is 27.5 Å². The minimum atomic E-state index is -3.77. The second kappa shape index (κ2) is 12.7. The molecule has 3 N–H and O–H groups in total. The molecule has 1 unspecified atom stereocenters. The third kappa shape index (κ3) is 7.29. The van der Waals surface area contributed by atoms with Crippen LogP contribution in [-0.4, -0.2) is 49.2 Å². The zero-order valence-electron chi connectivity index (χ0n) is 22.1. The van der Waals surface area contributed by atoms with Gasteiger partial charge >= 0.3 is 12.0 Å². The largest absolute Gasteiger partial charge is 0.467 e. The average Bonchev–Trinajstić information content (AvgIpc) is 2.88. The maximum atomic E-state index is 13.0. The van der Waals surface area contributed by atoms with E-state index in [1.54, 1.807) is 57.2 Å². The number of sulfone groups is 1. The summed E-state index contributed by atoms with van der Waals surface area (Å²) in [4.78, 5) is 41.7. The number of nitrogens with zero attached hydrogens (tertiary/aromatic N) is 1. The average molecular weight is 608 g/mol. The highest BCUT2D eigenvalue weighted by Crippen LogP contribution is 2.30. The van der Waals surface area contributed by atoms with Crippen LogP contribution in [0.3, 0.4) is 0 Å². The van der Waals surface area contributed by atoms with Crippen LogP contribution in [0.15, 0.2) is 65.8 Å². The van der Waals surface area contributed by atoms with Gasteiger partial charge in [0.05, 0.1) is 38.0 Å². The fraction of sp³-hybridized carbons (Fsp3) is 0.259. The van der Waals surface area contributed by atoms with Gasteiger partial charge in [0.15, 0.2) is 9.84 Å². The fourth-order valence-corrected chi connectivity index (χ4v) is 5.43. The van der Waals surface area contributed by atoms with Crippen LogP contribution in [-0.2, 0) is 25.8 Å². The van der Waals surface area contributed by atoms with Crippen molar-refractivity contribution in [3.63, 3.8) is 0 Å². The van der Waals surface area contributed by atoms with E-state index in [-0.39, 0.29) is 32.6 Å². The van der Waals surface area contributed by atoms with E-state index in [1.165, 1.54) is 31.6 Å². The standard InChI is InChI=1S/C27H28Cl2N4O6S/c1-27(2,3)40(37,38)22-8-6-5-7-20(22)32-26(36)33-21(25(35)39-4)13-16-9-11-17(12-10-16)31-24(34)23-18(28)14-30-15-19(23)29/h5-12,14-15,21H,13H2,1-4H3,(H,31,34)(H2,32,33,36). The molecule has 212 valence electrons. The van der Waals surface area contributed by atoms with Crippen molar-refractivity contribution in [3.8, 4) is 0 Å². The molecule has 0 radical (unpaired) electrons. The molecule has 0 aliphatic carbocycles. The SMILES string of the molecule is COC(=O)C(Cc1ccc(NC(=O)c2c(Cl)cncc2Cl)cc1)NC(=O)Nc1ccccc1S(=O)(=O)C(C)(C)C. The minimum Gasteiger partial charge on any atom is -0.467 e. The maximum absolute atomic E-state index is 13.0. The first kappa shape index (κ1) is 30.9. The van der Waals surface area contributed by atoms with Gasteiger partial charge in [-0.05, 0) is 50.6 Å². The maximum Gasteiger partial charge on any atom is 0.328 e. The number of methoxy groups -OCH3 is 1. The second-order valence-electron chi connectivity index (χ2n) is 9.62. The monoisotopic (exact) mass is 606 g/mol. The van der Waals surface area contributed by atoms with Crippen molar-refractivity contribution in [2.75, 3.05) is 17.7 Å². The third-order valence-electron chi connectivity index (χ3n) is 5.75. The van der Waals surface area contributed by atoms with E-state index in [1.807, 2.05) is 0 Å². The molecular weight excluding hydrogens is 579 g/mol. The molecule has 3 aromatic rings. The fourth-order valence-electron chi connectivity index (χ4n) is 3.57. The normalized spacial score (nSPS) is 12.2. The number of hydrogen-bond acceptors (Lipinski definition) is 7. The van der Waals surface area contributed by atoms with Crippen molar-refractivity contribution >= 4 is 62.3 Å². The molecular formula is C27H28Cl2N4O6S. The summed E-state index contributed by atoms with van der Waals surface area (Å²) >= 11 is 12.1. The summed E-state index contributed by atoms with van der Waals surface area (Å²) in [5.41, 5.74) is 1.24. The van der Waals surface area contributed by atoms with Gasteiger partial charge in [-0.15, -0.1) is 0 Å². The number of aromatic nitrogens is 1. The lowest BCUT2D eigenvalue weighted by Gasteiger charge is -2.22. The van der Waals surface area contributed by atoms with Gasteiger partial charge < -0.3 is 20.7 Å². The van der Waals surface area contributed by atoms with Crippen molar-refractivity contribution in [3.05, 3.63) is 82.1 Å². The Morgan fingerprint density at radius 3 is 2.12 bits per heavy atom. The van der Waals surface area contributed by atoms with Gasteiger partial charge in [0.2, 0.25) is 0 Å². The van der Waals surface area contributed by atoms with Gasteiger partial charge in [0.1, 0.15) is 6.04 Å². The molecule has 0 saturated carbocycles. The Morgan fingerprint density at radius 1 is 0.950 bits per heavy atom. The number of anilines is 2. The number of nitrogens with one attached hydrogen (secondary N) is 3. The van der Waals surface area contributed by atoms with Gasteiger partial charge in [0, 0.05) is 24.5 Å². The summed E-state index contributed by atoms with van der Waals surface area (Å²) in [5.74, 6) is -1.23. The highest BCUT2D eigenvalue weighted by atomic mass is 35.5. The molecule has 0 spiro atoms. The van der Waals surface area contributed by atoms with E-state index in [0.29, 0.717) is 11.3 Å². The highest BCUT2D eigenvalue weighted by Gasteiger charge is 2.33. The molecule has 3 rings (SSSR count). The van der Waals surface area contributed by atoms with Crippen molar-refractivity contribution in [1.29, 1.82) is 0 Å². The van der Waals surface area contributed by atoms with Crippen molar-refractivity contribution in [2.24, 2.45) is 0 Å². The zero-order valence-corrected chi connectivity index (χ0v) is 24.4. The molecule has 0 aliphatic rings. The molecule has 3 amide bonds. The Hall–Kier alpha value is -3.67. The third-order valence-corrected chi connectivity index (χ3v) is 8.87. The number of carbonyl (C=O) groups is 3. The topological polar surface area (TPSA) is 144 Å². The number of urea groups is 1. The Bertz CT molecular complexity index is 1500. The lowest BCUT2D eigenvalue weighted by molar-refractivity contribution is -0.142. The van der Waals surface area contributed by atoms with Crippen LogP contribution in [0.2, 0.25) is 10.0 Å². The lowest BCUT2D eigenvalue weighted by atomic mass is 10.1. The Morgan fingerprint density at radius 2 is 1.55 bits per heavy atom. The molecule has 13 heteroatoms. The highest BCUT2D eigenvalue weighted by molar-refractivity contribution is 7.93. The molecule has 1 aromatic heterocycles. The van der Waals surface area contributed by atoms with Gasteiger partial charge in [-0.3, -0.25) is 9.78 Å². The smallest absolute Gasteiger partial charge is 0.328 e. The van der Waals surface area contributed by atoms with Gasteiger partial charge in [0.25, 0.3) is 5.91 Å². The summed E-state index contributed by atoms with van der Waals surface area (Å²) in [6.45, 7) is 4.69. The number of carbonyl (C=O) groups excluding carboxylic acids is 3. The van der Waals surface area contributed by atoms with Crippen molar-refractivity contribution in [2.45, 2.75) is 42.9 Å². The van der Waals surface area contributed by atoms with E-state index in [4.69, 9.17) is 27.9 Å². The molecule has 0 saturated heterocycles. The predicted octanol–water partition coefficient (Wildman–Crippen LogP) is 5.12. The molecule has 1 atom stereocenters. The summed E-state index contributed by atoms with van der Waals surface area (Å²) in [6.07, 6.45) is 2.67. The molecule has 0 fully saturated rings. The van der Waals surface area contributed by atoms with Gasteiger partial charge in [-0.1, -0.05) is 47.5 Å². The molecule has 2 aromatic carbocycles. The number of amides is 3. The minimum absolute atomic E-state index is 0.0424. The van der Waals surface area contributed by atoms with Gasteiger partial charge in [-0.2, -0.15) is 0 Å². The molecule has 0 bridgehead atoms. The number of para-hydroxylation sites is 1. The van der Waals surface area contributed by atoms with E-state index in [9.17, 15) is 22.8 Å². The number of halogens is 2. The summed E-state index contributed by atoms with van der Waals surface area (Å²) in [5, 5.41) is 7.96. The first-order chi connectivity index (χ1) is 18.7. The van der Waals surface area contributed by atoms with Crippen LogP contribution in [0.5, 0.6) is 0 Å². The van der Waals surface area contributed by atoms with Crippen LogP contribution >= 0.6 is 23.2 Å². The zero-order chi connectivity index (χ0) is 29.7. The Balaban J connectivity index is 1.72. The van der Waals surface area contributed by atoms with E-state index >= 15 is 0 Å². The van der Waals surface area contributed by atoms with E-state index in [0.717, 1.165) is 0 Å². The number of benzene rings is 2. The Labute approximate surface area is 242 Å². The Kier molecular flexibility index (Phi) is 9.78. The van der Waals surface area contributed by atoms with Crippen LogP contribution in [0.25, 0.3) is 0 Å². The quantitative estimate of drug-likeness (QED) is 0.302. The first-order valence-electron chi connectivity index (χ1n) is 11.9. The summed E-state index contributed by atoms with van der Waals surface area (Å²) < 4.78 is 29.7. The van der Waals surface area contributed by atoms with Crippen LogP contribution in [0, 0.1) is 0 Å². The number of hydrogen-bond donors (Lipinski definition) is 3. The number of ether oxygens (including phenoxy) is 1. The van der Waals surface area contributed by atoms with E-state index < -0.39 is 38.5 Å². The molecule has 40 heavy (non-hydrogen) atoms. The number of rotatable bonds is 8. The molecule has 1 heterocycles. The lowest BCUT2D eigenvalue weighted by Crippen LogP contribution is -2.45. The van der Waals surface area contributed by atoms with Crippen molar-refractivity contribution in [1.82, 2.24) is 10.3 Å². The number of esters is 1. The predicted molar refractivity (Wildman–Crippen MR) is 154 cm³/mol. The van der Waals surface area contributed by atoms with Crippen LogP contribution < -0.4 is 16.0 Å². The van der Waals surface area contributed by atoms with Crippen LogP contribution in [0.1, 0.15) is 36.7 Å².